The number of thioether (sulfide) groups is 1. The van der Waals surface area contributed by atoms with Crippen molar-refractivity contribution in [2.24, 2.45) is 0 Å². The Bertz CT molecular complexity index is 804. The molecule has 2 heterocycles. The summed E-state index contributed by atoms with van der Waals surface area (Å²) < 4.78 is 7.26. The van der Waals surface area contributed by atoms with E-state index < -0.39 is 0 Å². The van der Waals surface area contributed by atoms with E-state index >= 15 is 0 Å². The molecule has 2 amide bonds. The number of methoxy groups -OCH3 is 1. The number of hydrogen-bond donors (Lipinski definition) is 0. The average Bonchev–Trinajstić information content (AvgIpc) is 3.30. The molecule has 0 atom stereocenters. The molecule has 1 saturated heterocycles. The summed E-state index contributed by atoms with van der Waals surface area (Å²) in [6, 6.07) is 7.69. The van der Waals surface area contributed by atoms with Crippen molar-refractivity contribution < 1.29 is 14.3 Å². The Balaban J connectivity index is 1.76. The first-order valence-corrected chi connectivity index (χ1v) is 10.2. The third-order valence-corrected chi connectivity index (χ3v) is 5.45. The van der Waals surface area contributed by atoms with E-state index in [9.17, 15) is 9.59 Å². The van der Waals surface area contributed by atoms with Gasteiger partial charge in [0, 0.05) is 25.1 Å². The minimum atomic E-state index is -0.154. The number of rotatable bonds is 8. The summed E-state index contributed by atoms with van der Waals surface area (Å²) in [4.78, 5) is 25.4. The fraction of sp³-hybridized carbons (Fsp3) is 0.474. The van der Waals surface area contributed by atoms with Gasteiger partial charge in [-0.05, 0) is 37.1 Å². The van der Waals surface area contributed by atoms with Crippen LogP contribution >= 0.6 is 11.8 Å². The van der Waals surface area contributed by atoms with Gasteiger partial charge in [-0.25, -0.2) is 0 Å². The summed E-state index contributed by atoms with van der Waals surface area (Å²) >= 11 is 1.34. The number of aromatic nitrogens is 3. The number of ether oxygens (including phenoxy) is 1. The molecule has 0 radical (unpaired) electrons. The predicted octanol–water partition coefficient (Wildman–Crippen LogP) is 2.99. The zero-order chi connectivity index (χ0) is 19.2. The van der Waals surface area contributed by atoms with E-state index in [1.165, 1.54) is 16.7 Å². The fourth-order valence-electron chi connectivity index (χ4n) is 2.98. The summed E-state index contributed by atoms with van der Waals surface area (Å²) in [6.07, 6.45) is 3.26. The fourth-order valence-corrected chi connectivity index (χ4v) is 3.82. The lowest BCUT2D eigenvalue weighted by Crippen LogP contribution is -2.33. The highest BCUT2D eigenvalue weighted by molar-refractivity contribution is 7.99. The molecule has 0 bridgehead atoms. The van der Waals surface area contributed by atoms with Crippen LogP contribution in [-0.4, -0.2) is 50.9 Å². The normalized spacial score (nSPS) is 14.0. The van der Waals surface area contributed by atoms with E-state index in [-0.39, 0.29) is 17.6 Å². The van der Waals surface area contributed by atoms with Gasteiger partial charge in [0.15, 0.2) is 11.0 Å². The predicted molar refractivity (Wildman–Crippen MR) is 104 cm³/mol. The molecule has 0 saturated carbocycles. The van der Waals surface area contributed by atoms with Crippen molar-refractivity contribution in [3.63, 3.8) is 0 Å². The number of carbonyl (C=O) groups is 2. The number of hydrogen-bond acceptors (Lipinski definition) is 6. The van der Waals surface area contributed by atoms with Gasteiger partial charge in [-0.2, -0.15) is 0 Å². The van der Waals surface area contributed by atoms with E-state index in [2.05, 4.69) is 21.7 Å². The van der Waals surface area contributed by atoms with Crippen LogP contribution in [0.4, 0.5) is 0 Å². The highest BCUT2D eigenvalue weighted by Crippen LogP contribution is 2.26. The molecule has 3 rings (SSSR count). The van der Waals surface area contributed by atoms with E-state index in [1.54, 1.807) is 7.11 Å². The number of carbonyl (C=O) groups excluding carboxylic acids is 2. The molecule has 8 heteroatoms. The Morgan fingerprint density at radius 2 is 2.04 bits per heavy atom. The maximum Gasteiger partial charge on any atom is 0.239 e. The van der Waals surface area contributed by atoms with Crippen molar-refractivity contribution in [1.82, 2.24) is 19.7 Å². The quantitative estimate of drug-likeness (QED) is 0.647. The maximum absolute atomic E-state index is 12.3. The zero-order valence-corrected chi connectivity index (χ0v) is 16.5. The van der Waals surface area contributed by atoms with Crippen LogP contribution in [0.2, 0.25) is 0 Å². The van der Waals surface area contributed by atoms with Gasteiger partial charge in [-0.15, -0.1) is 10.2 Å². The van der Waals surface area contributed by atoms with Gasteiger partial charge in [-0.1, -0.05) is 25.1 Å². The smallest absolute Gasteiger partial charge is 0.239 e. The minimum Gasteiger partial charge on any atom is -0.497 e. The number of benzene rings is 1. The number of amides is 2. The maximum atomic E-state index is 12.3. The topological polar surface area (TPSA) is 77.3 Å². The van der Waals surface area contributed by atoms with Crippen LogP contribution in [-0.2, 0) is 16.1 Å². The third-order valence-electron chi connectivity index (χ3n) is 4.50. The lowest BCUT2D eigenvalue weighted by Gasteiger charge is -2.13. The van der Waals surface area contributed by atoms with Crippen molar-refractivity contribution >= 4 is 23.6 Å². The van der Waals surface area contributed by atoms with Crippen LogP contribution < -0.4 is 4.74 Å². The van der Waals surface area contributed by atoms with Crippen LogP contribution in [0.15, 0.2) is 29.4 Å². The van der Waals surface area contributed by atoms with Crippen LogP contribution in [0.25, 0.3) is 11.4 Å². The van der Waals surface area contributed by atoms with Crippen molar-refractivity contribution in [2.75, 3.05) is 19.4 Å². The lowest BCUT2D eigenvalue weighted by molar-refractivity contribution is -0.140. The molecule has 0 N–H and O–H groups in total. The van der Waals surface area contributed by atoms with Crippen LogP contribution in [0.5, 0.6) is 5.75 Å². The van der Waals surface area contributed by atoms with Crippen LogP contribution in [0.3, 0.4) is 0 Å². The van der Waals surface area contributed by atoms with Crippen LogP contribution in [0.1, 0.15) is 32.6 Å². The van der Waals surface area contributed by atoms with E-state index in [4.69, 9.17) is 4.74 Å². The summed E-state index contributed by atoms with van der Waals surface area (Å²) in [5.41, 5.74) is 0.951. The molecule has 27 heavy (non-hydrogen) atoms. The molecule has 1 aromatic carbocycles. The molecule has 2 aromatic rings. The van der Waals surface area contributed by atoms with Gasteiger partial charge in [0.05, 0.1) is 12.9 Å². The number of unbranched alkanes of at least 4 members (excludes halogenated alkanes) is 1. The zero-order valence-electron chi connectivity index (χ0n) is 15.7. The van der Waals surface area contributed by atoms with E-state index in [0.29, 0.717) is 18.1 Å². The molecular weight excluding hydrogens is 364 g/mol. The van der Waals surface area contributed by atoms with Gasteiger partial charge in [0.25, 0.3) is 0 Å². The molecule has 144 valence electrons. The third kappa shape index (κ3) is 4.50. The molecule has 1 aromatic heterocycles. The molecule has 7 nitrogen and oxygen atoms in total. The van der Waals surface area contributed by atoms with Crippen molar-refractivity contribution in [1.29, 1.82) is 0 Å². The molecule has 1 aliphatic rings. The number of likely N-dealkylation sites (tertiary alicyclic amines) is 1. The standard InChI is InChI=1S/C19H24N4O3S/c1-3-4-11-23-18(14-7-9-15(26-2)10-8-14)20-21-19(23)27-13-17(25)22-12-5-6-16(22)24/h7-10H,3-6,11-13H2,1-2H3. The molecule has 0 aliphatic carbocycles. The average molecular weight is 388 g/mol. The second-order valence-corrected chi connectivity index (χ2v) is 7.31. The highest BCUT2D eigenvalue weighted by atomic mass is 32.2. The van der Waals surface area contributed by atoms with Crippen molar-refractivity contribution in [3.8, 4) is 17.1 Å². The Morgan fingerprint density at radius 1 is 1.26 bits per heavy atom. The van der Waals surface area contributed by atoms with Crippen LogP contribution in [0, 0.1) is 0 Å². The minimum absolute atomic E-state index is 0.0769. The summed E-state index contributed by atoms with van der Waals surface area (Å²) in [6.45, 7) is 3.44. The summed E-state index contributed by atoms with van der Waals surface area (Å²) in [5, 5.41) is 9.34. The summed E-state index contributed by atoms with van der Waals surface area (Å²) in [7, 11) is 1.63. The molecule has 1 fully saturated rings. The van der Waals surface area contributed by atoms with Crippen molar-refractivity contribution in [3.05, 3.63) is 24.3 Å². The van der Waals surface area contributed by atoms with E-state index in [0.717, 1.165) is 42.9 Å². The Kier molecular flexibility index (Phi) is 6.49. The van der Waals surface area contributed by atoms with E-state index in [1.807, 2.05) is 24.3 Å². The second kappa shape index (κ2) is 9.03. The van der Waals surface area contributed by atoms with Gasteiger partial charge in [0.2, 0.25) is 11.8 Å². The van der Waals surface area contributed by atoms with Gasteiger partial charge >= 0.3 is 0 Å². The molecular formula is C19H24N4O3S. The Labute approximate surface area is 163 Å². The van der Waals surface area contributed by atoms with Gasteiger partial charge in [0.1, 0.15) is 5.75 Å². The monoisotopic (exact) mass is 388 g/mol. The molecule has 0 spiro atoms. The highest BCUT2D eigenvalue weighted by Gasteiger charge is 2.26. The number of nitrogens with zero attached hydrogens (tertiary/aromatic N) is 4. The Hall–Kier alpha value is -2.35. The number of imide groups is 1. The largest absolute Gasteiger partial charge is 0.497 e. The first-order chi connectivity index (χ1) is 13.1. The summed E-state index contributed by atoms with van der Waals surface area (Å²) in [5.74, 6) is 1.52. The first kappa shape index (κ1) is 19.4. The SMILES string of the molecule is CCCCn1c(SCC(=O)N2CCCC2=O)nnc1-c1ccc(OC)cc1. The first-order valence-electron chi connectivity index (χ1n) is 9.17. The van der Waals surface area contributed by atoms with Crippen molar-refractivity contribution in [2.45, 2.75) is 44.3 Å². The van der Waals surface area contributed by atoms with Gasteiger partial charge < -0.3 is 9.30 Å². The second-order valence-electron chi connectivity index (χ2n) is 6.37. The van der Waals surface area contributed by atoms with Gasteiger partial charge in [-0.3, -0.25) is 14.5 Å². The molecule has 1 aliphatic heterocycles. The molecule has 0 unspecified atom stereocenters. The lowest BCUT2D eigenvalue weighted by atomic mass is 10.2. The Morgan fingerprint density at radius 3 is 2.67 bits per heavy atom.